The maximum absolute atomic E-state index is 12.1. The van der Waals surface area contributed by atoms with Crippen LogP contribution in [0.25, 0.3) is 0 Å². The van der Waals surface area contributed by atoms with Crippen LogP contribution >= 0.6 is 0 Å². The van der Waals surface area contributed by atoms with Crippen LogP contribution in [0, 0.1) is 11.3 Å². The number of carbonyl (C=O) groups excluding carboxylic acids is 1. The zero-order valence-corrected chi connectivity index (χ0v) is 11.1. The summed E-state index contributed by atoms with van der Waals surface area (Å²) in [5.41, 5.74) is 2.97. The minimum atomic E-state index is -0.507. The van der Waals surface area contributed by atoms with Crippen LogP contribution in [0.3, 0.4) is 0 Å². The highest BCUT2D eigenvalue weighted by molar-refractivity contribution is 6.04. The van der Waals surface area contributed by atoms with Gasteiger partial charge < -0.3 is 15.5 Å². The number of ether oxygens (including phenoxy) is 1. The van der Waals surface area contributed by atoms with Crippen LogP contribution < -0.4 is 21.3 Å². The van der Waals surface area contributed by atoms with Crippen LogP contribution in [0.1, 0.15) is 16.1 Å². The fourth-order valence-corrected chi connectivity index (χ4v) is 1.62. The van der Waals surface area contributed by atoms with Crippen molar-refractivity contribution in [1.82, 2.24) is 9.97 Å². The largest absolute Gasteiger partial charge is 0.495 e. The third-order valence-electron chi connectivity index (χ3n) is 2.64. The Morgan fingerprint density at radius 1 is 1.38 bits per heavy atom. The lowest BCUT2D eigenvalue weighted by molar-refractivity contribution is 0.102. The summed E-state index contributed by atoms with van der Waals surface area (Å²) in [5, 5.41) is 11.7. The number of rotatable bonds is 4. The molecule has 0 atom stereocenters. The second kappa shape index (κ2) is 6.31. The molecule has 1 aromatic carbocycles. The van der Waals surface area contributed by atoms with Gasteiger partial charge in [-0.15, -0.1) is 0 Å². The van der Waals surface area contributed by atoms with E-state index in [1.807, 2.05) is 6.07 Å². The van der Waals surface area contributed by atoms with Gasteiger partial charge in [0, 0.05) is 0 Å². The van der Waals surface area contributed by atoms with Gasteiger partial charge in [-0.1, -0.05) is 6.07 Å². The molecule has 0 unspecified atom stereocenters. The van der Waals surface area contributed by atoms with E-state index >= 15 is 0 Å². The number of carbonyl (C=O) groups is 1. The second-order valence-corrected chi connectivity index (χ2v) is 3.88. The number of methoxy groups -OCH3 is 1. The molecule has 1 aromatic heterocycles. The molecular formula is C13H12N6O2. The highest BCUT2D eigenvalue weighted by Gasteiger charge is 2.14. The van der Waals surface area contributed by atoms with Gasteiger partial charge in [-0.2, -0.15) is 5.26 Å². The number of para-hydroxylation sites is 1. The number of amides is 1. The Hall–Kier alpha value is -3.18. The molecule has 21 heavy (non-hydrogen) atoms. The van der Waals surface area contributed by atoms with Crippen LogP contribution in [-0.2, 0) is 0 Å². The van der Waals surface area contributed by atoms with Crippen molar-refractivity contribution in [3.63, 3.8) is 0 Å². The van der Waals surface area contributed by atoms with Gasteiger partial charge >= 0.3 is 0 Å². The number of benzene rings is 1. The fraction of sp³-hybridized carbons (Fsp3) is 0.0769. The summed E-state index contributed by atoms with van der Waals surface area (Å²) in [6, 6.07) is 6.87. The van der Waals surface area contributed by atoms with Gasteiger partial charge in [0.25, 0.3) is 5.91 Å². The number of hydrogen-bond donors (Lipinski definition) is 3. The summed E-state index contributed by atoms with van der Waals surface area (Å²) in [6.07, 6.45) is 2.59. The number of nitrogen functional groups attached to an aromatic ring is 1. The minimum absolute atomic E-state index is 0.0868. The number of anilines is 2. The molecule has 0 radical (unpaired) electrons. The van der Waals surface area contributed by atoms with Crippen molar-refractivity contribution in [3.05, 3.63) is 41.9 Å². The Labute approximate surface area is 120 Å². The van der Waals surface area contributed by atoms with Crippen LogP contribution in [0.2, 0.25) is 0 Å². The first-order chi connectivity index (χ1) is 10.2. The summed E-state index contributed by atoms with van der Waals surface area (Å²) < 4.78 is 5.13. The number of aromatic nitrogens is 2. The van der Waals surface area contributed by atoms with E-state index in [1.54, 1.807) is 18.2 Å². The Morgan fingerprint density at radius 2 is 2.19 bits per heavy atom. The van der Waals surface area contributed by atoms with Gasteiger partial charge in [-0.25, -0.2) is 15.8 Å². The number of nitrogens with two attached hydrogens (primary N) is 1. The van der Waals surface area contributed by atoms with Crippen molar-refractivity contribution in [3.8, 4) is 11.8 Å². The predicted octanol–water partition coefficient (Wildman–Crippen LogP) is 0.895. The van der Waals surface area contributed by atoms with Crippen molar-refractivity contribution >= 4 is 17.4 Å². The predicted molar refractivity (Wildman–Crippen MR) is 75.5 cm³/mol. The van der Waals surface area contributed by atoms with E-state index in [-0.39, 0.29) is 16.9 Å². The number of nitrogens with one attached hydrogen (secondary N) is 2. The number of hydrogen-bond acceptors (Lipinski definition) is 7. The maximum Gasteiger partial charge on any atom is 0.275 e. The molecule has 0 aliphatic heterocycles. The summed E-state index contributed by atoms with van der Waals surface area (Å²) in [6.45, 7) is 0. The third-order valence-corrected chi connectivity index (χ3v) is 2.64. The first-order valence-corrected chi connectivity index (χ1v) is 5.86. The van der Waals surface area contributed by atoms with Gasteiger partial charge in [0.2, 0.25) is 0 Å². The zero-order valence-electron chi connectivity index (χ0n) is 11.1. The van der Waals surface area contributed by atoms with Gasteiger partial charge in [0.1, 0.15) is 23.2 Å². The molecule has 2 rings (SSSR count). The highest BCUT2D eigenvalue weighted by Crippen LogP contribution is 2.28. The summed E-state index contributed by atoms with van der Waals surface area (Å²) in [4.78, 5) is 19.9. The molecule has 0 aliphatic carbocycles. The minimum Gasteiger partial charge on any atom is -0.495 e. The molecule has 0 saturated carbocycles. The lowest BCUT2D eigenvalue weighted by atomic mass is 10.1. The van der Waals surface area contributed by atoms with E-state index in [9.17, 15) is 4.79 Å². The van der Waals surface area contributed by atoms with Gasteiger partial charge in [0.15, 0.2) is 5.82 Å². The van der Waals surface area contributed by atoms with Crippen molar-refractivity contribution in [2.75, 3.05) is 17.9 Å². The zero-order chi connectivity index (χ0) is 15.2. The Kier molecular flexibility index (Phi) is 4.28. The normalized spacial score (nSPS) is 9.57. The molecule has 2 aromatic rings. The van der Waals surface area contributed by atoms with Crippen molar-refractivity contribution in [1.29, 1.82) is 5.26 Å². The fourth-order valence-electron chi connectivity index (χ4n) is 1.62. The molecule has 0 saturated heterocycles. The standard InChI is InChI=1S/C13H12N6O2/c1-21-10-4-2-3-8(5-14)12(10)18-13(20)9-6-17-11(19-15)7-16-9/h2-4,6-7H,15H2,1H3,(H,17,19)(H,18,20). The third kappa shape index (κ3) is 3.05. The Morgan fingerprint density at radius 3 is 2.76 bits per heavy atom. The monoisotopic (exact) mass is 284 g/mol. The molecule has 1 heterocycles. The average Bonchev–Trinajstić information content (AvgIpc) is 2.55. The molecule has 8 heteroatoms. The van der Waals surface area contributed by atoms with E-state index in [1.165, 1.54) is 19.5 Å². The first kappa shape index (κ1) is 14.2. The van der Waals surface area contributed by atoms with Crippen LogP contribution in [0.15, 0.2) is 30.6 Å². The molecule has 0 spiro atoms. The summed E-state index contributed by atoms with van der Waals surface area (Å²) >= 11 is 0. The molecule has 106 valence electrons. The molecule has 8 nitrogen and oxygen atoms in total. The van der Waals surface area contributed by atoms with Gasteiger partial charge in [-0.3, -0.25) is 4.79 Å². The lowest BCUT2D eigenvalue weighted by Crippen LogP contribution is -2.16. The molecule has 0 bridgehead atoms. The SMILES string of the molecule is COc1cccc(C#N)c1NC(=O)c1cnc(NN)cn1. The first-order valence-electron chi connectivity index (χ1n) is 5.86. The van der Waals surface area contributed by atoms with Crippen LogP contribution in [0.5, 0.6) is 5.75 Å². The second-order valence-electron chi connectivity index (χ2n) is 3.88. The Balaban J connectivity index is 2.29. The van der Waals surface area contributed by atoms with Crippen molar-refractivity contribution in [2.24, 2.45) is 5.84 Å². The van der Waals surface area contributed by atoms with Crippen LogP contribution in [0.4, 0.5) is 11.5 Å². The van der Waals surface area contributed by atoms with Gasteiger partial charge in [0.05, 0.1) is 25.1 Å². The van der Waals surface area contributed by atoms with E-state index in [0.29, 0.717) is 11.6 Å². The molecule has 0 fully saturated rings. The van der Waals surface area contributed by atoms with E-state index in [4.69, 9.17) is 15.8 Å². The maximum atomic E-state index is 12.1. The summed E-state index contributed by atoms with van der Waals surface area (Å²) in [5.74, 6) is 5.38. The van der Waals surface area contributed by atoms with Gasteiger partial charge in [-0.05, 0) is 12.1 Å². The Bertz CT molecular complexity index is 693. The summed E-state index contributed by atoms with van der Waals surface area (Å²) in [7, 11) is 1.45. The molecular weight excluding hydrogens is 272 g/mol. The number of hydrazine groups is 1. The number of nitriles is 1. The number of nitrogens with zero attached hydrogens (tertiary/aromatic N) is 3. The molecule has 1 amide bonds. The van der Waals surface area contributed by atoms with E-state index < -0.39 is 5.91 Å². The lowest BCUT2D eigenvalue weighted by Gasteiger charge is -2.11. The smallest absolute Gasteiger partial charge is 0.275 e. The van der Waals surface area contributed by atoms with Crippen molar-refractivity contribution in [2.45, 2.75) is 0 Å². The van der Waals surface area contributed by atoms with E-state index in [2.05, 4.69) is 20.7 Å². The van der Waals surface area contributed by atoms with Crippen LogP contribution in [-0.4, -0.2) is 23.0 Å². The molecule has 4 N–H and O–H groups in total. The average molecular weight is 284 g/mol. The highest BCUT2D eigenvalue weighted by atomic mass is 16.5. The van der Waals surface area contributed by atoms with E-state index in [0.717, 1.165) is 0 Å². The quantitative estimate of drug-likeness (QED) is 0.562. The van der Waals surface area contributed by atoms with Crippen molar-refractivity contribution < 1.29 is 9.53 Å². The topological polar surface area (TPSA) is 126 Å². The molecule has 0 aliphatic rings.